The molecule has 0 unspecified atom stereocenters. The Balaban J connectivity index is 1.59. The quantitative estimate of drug-likeness (QED) is 0.413. The average Bonchev–Trinajstić information content (AvgIpc) is 3.74. The van der Waals surface area contributed by atoms with Gasteiger partial charge in [0.1, 0.15) is 17.7 Å². The zero-order valence-corrected chi connectivity index (χ0v) is 24.6. The second-order valence-electron chi connectivity index (χ2n) is 10.5. The van der Waals surface area contributed by atoms with Gasteiger partial charge in [-0.25, -0.2) is 13.2 Å². The molecule has 42 heavy (non-hydrogen) atoms. The smallest absolute Gasteiger partial charge is 0.355 e. The summed E-state index contributed by atoms with van der Waals surface area (Å²) in [5.74, 6) is -3.19. The Morgan fingerprint density at radius 3 is 2.48 bits per heavy atom. The fraction of sp³-hybridized carbons (Fsp3) is 0.517. The van der Waals surface area contributed by atoms with E-state index in [0.717, 1.165) is 9.87 Å². The molecular weight excluding hydrogens is 566 g/mol. The Morgan fingerprint density at radius 1 is 1.17 bits per heavy atom. The number of ether oxygens (including phenoxy) is 4. The van der Waals surface area contributed by atoms with Crippen LogP contribution in [0.3, 0.4) is 0 Å². The Hall–Kier alpha value is -3.57. The number of aryl methyl sites for hydroxylation is 1. The van der Waals surface area contributed by atoms with Crippen LogP contribution in [0.1, 0.15) is 61.9 Å². The summed E-state index contributed by atoms with van der Waals surface area (Å²) in [5, 5.41) is 10.1. The summed E-state index contributed by atoms with van der Waals surface area (Å²) < 4.78 is 52.5. The number of hydrogen-bond acceptors (Lipinski definition) is 10. The van der Waals surface area contributed by atoms with Crippen molar-refractivity contribution in [2.24, 2.45) is 0 Å². The molecule has 0 N–H and O–H groups in total. The second-order valence-corrected chi connectivity index (χ2v) is 12.4. The van der Waals surface area contributed by atoms with Gasteiger partial charge in [-0.05, 0) is 51.3 Å². The van der Waals surface area contributed by atoms with Crippen LogP contribution in [-0.4, -0.2) is 61.6 Å². The van der Waals surface area contributed by atoms with Gasteiger partial charge in [0.25, 0.3) is 5.56 Å². The van der Waals surface area contributed by atoms with Gasteiger partial charge >= 0.3 is 11.9 Å². The number of carbonyl (C=O) groups is 2. The van der Waals surface area contributed by atoms with Gasteiger partial charge in [0, 0.05) is 25.1 Å². The Labute approximate surface area is 243 Å². The number of fused-ring (bicyclic) bond motifs is 2. The maximum atomic E-state index is 13.9. The minimum Gasteiger partial charge on any atom is -0.463 e. The number of nitrogens with zero attached hydrogens (tertiary/aromatic N) is 3. The van der Waals surface area contributed by atoms with Crippen molar-refractivity contribution in [3.8, 4) is 6.07 Å². The van der Waals surface area contributed by atoms with E-state index in [9.17, 15) is 28.1 Å². The van der Waals surface area contributed by atoms with E-state index >= 15 is 0 Å². The molecule has 0 amide bonds. The summed E-state index contributed by atoms with van der Waals surface area (Å²) in [6.07, 6.45) is 0.684. The zero-order valence-electron chi connectivity index (χ0n) is 23.8. The zero-order chi connectivity index (χ0) is 30.3. The third-order valence-electron chi connectivity index (χ3n) is 8.14. The predicted molar refractivity (Wildman–Crippen MR) is 146 cm³/mol. The Kier molecular flexibility index (Phi) is 8.02. The van der Waals surface area contributed by atoms with E-state index in [1.165, 1.54) is 22.8 Å². The molecule has 0 saturated carbocycles. The molecule has 4 heterocycles. The highest BCUT2D eigenvalue weighted by Crippen LogP contribution is 2.43. The first kappa shape index (κ1) is 29.9. The van der Waals surface area contributed by atoms with Crippen LogP contribution in [0.2, 0.25) is 0 Å². The summed E-state index contributed by atoms with van der Waals surface area (Å²) in [5.41, 5.74) is -2.24. The molecule has 1 aromatic heterocycles. The molecule has 0 aliphatic carbocycles. The highest BCUT2D eigenvalue weighted by Gasteiger charge is 2.53. The van der Waals surface area contributed by atoms with Crippen LogP contribution in [0.15, 0.2) is 40.0 Å². The van der Waals surface area contributed by atoms with E-state index in [2.05, 4.69) is 0 Å². The monoisotopic (exact) mass is 599 g/mol. The molecule has 3 aliphatic rings. The highest BCUT2D eigenvalue weighted by molar-refractivity contribution is 7.89. The second kappa shape index (κ2) is 11.3. The fourth-order valence-electron chi connectivity index (χ4n) is 5.95. The first-order valence-electron chi connectivity index (χ1n) is 14.0. The molecule has 224 valence electrons. The highest BCUT2D eigenvalue weighted by atomic mass is 32.2. The molecule has 2 saturated heterocycles. The molecule has 3 aliphatic heterocycles. The van der Waals surface area contributed by atoms with Gasteiger partial charge in [0.15, 0.2) is 0 Å². The fourth-order valence-corrected chi connectivity index (χ4v) is 7.60. The lowest BCUT2D eigenvalue weighted by atomic mass is 9.86. The minimum absolute atomic E-state index is 0.0280. The number of sulfonamides is 1. The van der Waals surface area contributed by atoms with Crippen molar-refractivity contribution in [3.63, 3.8) is 0 Å². The van der Waals surface area contributed by atoms with E-state index < -0.39 is 45.0 Å². The van der Waals surface area contributed by atoms with Gasteiger partial charge in [-0.3, -0.25) is 9.59 Å². The minimum atomic E-state index is -4.07. The van der Waals surface area contributed by atoms with Crippen molar-refractivity contribution in [2.45, 2.75) is 75.3 Å². The van der Waals surface area contributed by atoms with Crippen LogP contribution in [0.5, 0.6) is 0 Å². The number of benzene rings is 1. The normalized spacial score (nSPS) is 21.0. The van der Waals surface area contributed by atoms with E-state index in [0.29, 0.717) is 31.7 Å². The molecule has 2 fully saturated rings. The number of carbonyl (C=O) groups excluding carboxylic acids is 2. The molecule has 0 radical (unpaired) electrons. The lowest BCUT2D eigenvalue weighted by Crippen LogP contribution is -2.49. The summed E-state index contributed by atoms with van der Waals surface area (Å²) in [6, 6.07) is 8.38. The molecule has 13 heteroatoms. The average molecular weight is 600 g/mol. The van der Waals surface area contributed by atoms with E-state index in [1.54, 1.807) is 26.0 Å². The first-order valence-corrected chi connectivity index (χ1v) is 15.4. The number of esters is 2. The molecule has 0 bridgehead atoms. The van der Waals surface area contributed by atoms with E-state index in [-0.39, 0.29) is 48.6 Å². The summed E-state index contributed by atoms with van der Waals surface area (Å²) in [6.45, 7) is 5.79. The maximum absolute atomic E-state index is 13.9. The first-order chi connectivity index (χ1) is 20.0. The number of nitriles is 1. The predicted octanol–water partition coefficient (Wildman–Crippen LogP) is 2.20. The summed E-state index contributed by atoms with van der Waals surface area (Å²) in [7, 11) is -4.07. The van der Waals surface area contributed by atoms with Crippen LogP contribution >= 0.6 is 0 Å². The van der Waals surface area contributed by atoms with Gasteiger partial charge in [-0.2, -0.15) is 9.57 Å². The third kappa shape index (κ3) is 4.72. The molecule has 2 atom stereocenters. The lowest BCUT2D eigenvalue weighted by molar-refractivity contribution is -0.187. The van der Waals surface area contributed by atoms with Gasteiger partial charge in [0.2, 0.25) is 21.4 Å². The van der Waals surface area contributed by atoms with Crippen LogP contribution in [0.4, 0.5) is 0 Å². The molecule has 1 spiro atoms. The van der Waals surface area contributed by atoms with Crippen LogP contribution in [0, 0.1) is 18.3 Å². The van der Waals surface area contributed by atoms with Crippen molar-refractivity contribution in [3.05, 3.63) is 63.1 Å². The van der Waals surface area contributed by atoms with Crippen molar-refractivity contribution >= 4 is 22.0 Å². The number of rotatable bonds is 8. The molecule has 5 rings (SSSR count). The van der Waals surface area contributed by atoms with Gasteiger partial charge in [0.05, 0.1) is 30.4 Å². The van der Waals surface area contributed by atoms with Crippen molar-refractivity contribution in [1.29, 1.82) is 5.26 Å². The van der Waals surface area contributed by atoms with Crippen molar-refractivity contribution in [2.75, 3.05) is 26.4 Å². The van der Waals surface area contributed by atoms with Crippen molar-refractivity contribution < 1.29 is 37.0 Å². The number of pyridine rings is 1. The van der Waals surface area contributed by atoms with Crippen molar-refractivity contribution in [1.82, 2.24) is 8.87 Å². The largest absolute Gasteiger partial charge is 0.463 e. The van der Waals surface area contributed by atoms with Gasteiger partial charge < -0.3 is 23.5 Å². The van der Waals surface area contributed by atoms with Crippen LogP contribution in [0.25, 0.3) is 0 Å². The lowest BCUT2D eigenvalue weighted by Gasteiger charge is -2.34. The number of aromatic nitrogens is 1. The van der Waals surface area contributed by atoms with Crippen LogP contribution in [-0.2, 0) is 56.5 Å². The molecule has 2 aromatic rings. The maximum Gasteiger partial charge on any atom is 0.355 e. The summed E-state index contributed by atoms with van der Waals surface area (Å²) in [4.78, 5) is 41.1. The topological polar surface area (TPSA) is 154 Å². The molecular formula is C29H33N3O9S. The van der Waals surface area contributed by atoms with Gasteiger partial charge in [-0.15, -0.1) is 0 Å². The summed E-state index contributed by atoms with van der Waals surface area (Å²) >= 11 is 0. The third-order valence-corrected chi connectivity index (χ3v) is 10.1. The SMILES string of the molecule is CCOC(=O)[C@](CC)(OC(=O)[C@H]1CCCN1S(=O)(=O)c1ccc(C)cc1)c1cc2n(c(=O)c1C#N)CCC21OCCO1. The molecule has 1 aromatic carbocycles. The van der Waals surface area contributed by atoms with E-state index in [1.807, 2.05) is 13.0 Å². The molecule has 12 nitrogen and oxygen atoms in total. The Morgan fingerprint density at radius 2 is 1.86 bits per heavy atom. The standard InChI is InChI=1S/C29H33N3O9S/c1-4-28(27(35)38-5-2,22-17-24-29(39-15-16-40-29)12-14-31(24)25(33)21(22)18-30)41-26(34)23-7-6-13-32(23)42(36,37)20-10-8-19(3)9-11-20/h8-11,17,23H,4-7,12-16H2,1-3H3/t23-,28-/m1/s1. The number of hydrogen-bond donors (Lipinski definition) is 0. The van der Waals surface area contributed by atoms with Crippen LogP contribution < -0.4 is 5.56 Å². The Bertz CT molecular complexity index is 1600. The van der Waals surface area contributed by atoms with E-state index in [4.69, 9.17) is 18.9 Å². The van der Waals surface area contributed by atoms with Gasteiger partial charge in [-0.1, -0.05) is 24.6 Å².